The topological polar surface area (TPSA) is 152 Å². The van der Waals surface area contributed by atoms with E-state index in [9.17, 15) is 30.0 Å². The van der Waals surface area contributed by atoms with Crippen LogP contribution in [0.15, 0.2) is 85.1 Å². The van der Waals surface area contributed by atoms with Gasteiger partial charge in [-0.05, 0) is 83.5 Å². The van der Waals surface area contributed by atoms with Crippen molar-refractivity contribution in [3.8, 4) is 0 Å². The summed E-state index contributed by atoms with van der Waals surface area (Å²) < 4.78 is 22.1. The number of hydrogen-bond acceptors (Lipinski definition) is 10. The van der Waals surface area contributed by atoms with Crippen LogP contribution in [0.1, 0.15) is 155 Å². The fourth-order valence-electron chi connectivity index (χ4n) is 6.13. The molecule has 1 aliphatic heterocycles. The van der Waals surface area contributed by atoms with Crippen molar-refractivity contribution in [3.05, 3.63) is 85.1 Å². The Balaban J connectivity index is 2.41. The molecule has 0 spiro atoms. The minimum atomic E-state index is -1.61. The van der Waals surface area contributed by atoms with Gasteiger partial charge in [0.2, 0.25) is 0 Å². The Labute approximate surface area is 356 Å². The Morgan fingerprint density at radius 2 is 1.00 bits per heavy atom. The number of aliphatic hydroxyl groups excluding tert-OH is 4. The molecule has 0 aromatic heterocycles. The molecule has 0 amide bonds. The van der Waals surface area contributed by atoms with Crippen molar-refractivity contribution in [1.29, 1.82) is 0 Å². The van der Waals surface area contributed by atoms with Gasteiger partial charge in [0, 0.05) is 12.8 Å². The van der Waals surface area contributed by atoms with Gasteiger partial charge < -0.3 is 39.4 Å². The second-order valence-electron chi connectivity index (χ2n) is 15.1. The lowest BCUT2D eigenvalue weighted by Gasteiger charge is -2.39. The van der Waals surface area contributed by atoms with Gasteiger partial charge in [0.05, 0.1) is 13.2 Å². The average molecular weight is 829 g/mol. The van der Waals surface area contributed by atoms with Crippen molar-refractivity contribution in [1.82, 2.24) is 0 Å². The molecule has 0 aromatic rings. The van der Waals surface area contributed by atoms with Gasteiger partial charge in [0.25, 0.3) is 0 Å². The van der Waals surface area contributed by atoms with E-state index in [2.05, 4.69) is 92.8 Å². The van der Waals surface area contributed by atoms with Gasteiger partial charge in [-0.15, -0.1) is 0 Å². The SMILES string of the molecule is CCC/C=C/C/C=C/C/C=C/C/C=C/CCCCCC(=O)O[C@@H](COC(=O)CCC/C=C/C/C=C/C/C=C/CCCCCCCC)CO[C@H]1O[C@@H](CO)[C@@H](O)C(O)C1O. The lowest BCUT2D eigenvalue weighted by Crippen LogP contribution is -2.59. The van der Waals surface area contributed by atoms with Crippen LogP contribution in [0.4, 0.5) is 0 Å². The fraction of sp³-hybridized carbons (Fsp3) is 0.673. The first-order chi connectivity index (χ1) is 28.8. The van der Waals surface area contributed by atoms with Gasteiger partial charge in [-0.25, -0.2) is 0 Å². The second kappa shape index (κ2) is 39.0. The largest absolute Gasteiger partial charge is 0.462 e. The summed E-state index contributed by atoms with van der Waals surface area (Å²) in [5.41, 5.74) is 0. The molecule has 1 heterocycles. The zero-order valence-corrected chi connectivity index (χ0v) is 36.5. The minimum absolute atomic E-state index is 0.177. The number of esters is 2. The van der Waals surface area contributed by atoms with Crippen LogP contribution in [0.5, 0.6) is 0 Å². The van der Waals surface area contributed by atoms with Crippen molar-refractivity contribution in [2.45, 2.75) is 192 Å². The third-order valence-electron chi connectivity index (χ3n) is 9.73. The van der Waals surface area contributed by atoms with Crippen LogP contribution in [0.2, 0.25) is 0 Å². The Kier molecular flexibility index (Phi) is 35.7. The average Bonchev–Trinajstić information content (AvgIpc) is 3.23. The lowest BCUT2D eigenvalue weighted by molar-refractivity contribution is -0.305. The molecule has 6 atom stereocenters. The summed E-state index contributed by atoms with van der Waals surface area (Å²) in [7, 11) is 0. The van der Waals surface area contributed by atoms with Crippen LogP contribution < -0.4 is 0 Å². The Morgan fingerprint density at radius 1 is 0.525 bits per heavy atom. The monoisotopic (exact) mass is 829 g/mol. The molecule has 10 nitrogen and oxygen atoms in total. The van der Waals surface area contributed by atoms with Crippen molar-refractivity contribution < 1.29 is 49.0 Å². The highest BCUT2D eigenvalue weighted by Crippen LogP contribution is 2.22. The first-order valence-corrected chi connectivity index (χ1v) is 22.7. The Hall–Kier alpha value is -3.12. The molecule has 2 unspecified atom stereocenters. The van der Waals surface area contributed by atoms with E-state index < -0.39 is 55.4 Å². The van der Waals surface area contributed by atoms with Gasteiger partial charge in [0.15, 0.2) is 12.4 Å². The predicted octanol–water partition coefficient (Wildman–Crippen LogP) is 9.77. The van der Waals surface area contributed by atoms with E-state index in [1.807, 2.05) is 6.08 Å². The number of unbranched alkanes of at least 4 members (excludes halogenated alkanes) is 11. The highest BCUT2D eigenvalue weighted by molar-refractivity contribution is 5.70. The summed E-state index contributed by atoms with van der Waals surface area (Å²) in [6.07, 6.45) is 43.1. The van der Waals surface area contributed by atoms with Crippen molar-refractivity contribution in [2.24, 2.45) is 0 Å². The van der Waals surface area contributed by atoms with Crippen molar-refractivity contribution in [2.75, 3.05) is 19.8 Å². The van der Waals surface area contributed by atoms with Gasteiger partial charge in [-0.3, -0.25) is 9.59 Å². The fourth-order valence-corrected chi connectivity index (χ4v) is 6.13. The van der Waals surface area contributed by atoms with Crippen molar-refractivity contribution in [3.63, 3.8) is 0 Å². The summed E-state index contributed by atoms with van der Waals surface area (Å²) in [5.74, 6) is -0.912. The van der Waals surface area contributed by atoms with Gasteiger partial charge >= 0.3 is 11.9 Å². The molecule has 0 aliphatic carbocycles. The number of aliphatic hydroxyl groups is 4. The summed E-state index contributed by atoms with van der Waals surface area (Å²) in [6, 6.07) is 0. The van der Waals surface area contributed by atoms with Gasteiger partial charge in [-0.1, -0.05) is 144 Å². The smallest absolute Gasteiger partial charge is 0.306 e. The molecule has 1 rings (SSSR count). The van der Waals surface area contributed by atoms with Crippen LogP contribution in [-0.4, -0.2) is 89.0 Å². The zero-order valence-electron chi connectivity index (χ0n) is 36.5. The van der Waals surface area contributed by atoms with E-state index >= 15 is 0 Å². The Bertz CT molecular complexity index is 1230. The molecule has 59 heavy (non-hydrogen) atoms. The van der Waals surface area contributed by atoms with Gasteiger partial charge in [-0.2, -0.15) is 0 Å². The number of rotatable bonds is 36. The summed E-state index contributed by atoms with van der Waals surface area (Å²) >= 11 is 0. The van der Waals surface area contributed by atoms with E-state index in [4.69, 9.17) is 18.9 Å². The molecule has 336 valence electrons. The van der Waals surface area contributed by atoms with E-state index in [-0.39, 0.29) is 26.1 Å². The molecule has 1 saturated heterocycles. The number of ether oxygens (including phenoxy) is 4. The van der Waals surface area contributed by atoms with E-state index in [0.29, 0.717) is 12.8 Å². The third-order valence-corrected chi connectivity index (χ3v) is 9.73. The number of hydrogen-bond donors (Lipinski definition) is 4. The zero-order chi connectivity index (χ0) is 43.0. The molecule has 0 bridgehead atoms. The van der Waals surface area contributed by atoms with Crippen LogP contribution in [0.3, 0.4) is 0 Å². The predicted molar refractivity (Wildman–Crippen MR) is 237 cm³/mol. The molecule has 0 radical (unpaired) electrons. The molecule has 1 fully saturated rings. The van der Waals surface area contributed by atoms with Crippen LogP contribution in [0, 0.1) is 0 Å². The van der Waals surface area contributed by atoms with Gasteiger partial charge in [0.1, 0.15) is 31.0 Å². The first-order valence-electron chi connectivity index (χ1n) is 22.7. The minimum Gasteiger partial charge on any atom is -0.462 e. The van der Waals surface area contributed by atoms with Crippen LogP contribution in [0.25, 0.3) is 0 Å². The molecule has 1 aliphatic rings. The molecular formula is C49H80O10. The highest BCUT2D eigenvalue weighted by atomic mass is 16.7. The van der Waals surface area contributed by atoms with E-state index in [1.54, 1.807) is 0 Å². The third kappa shape index (κ3) is 30.5. The Morgan fingerprint density at radius 3 is 1.54 bits per heavy atom. The second-order valence-corrected chi connectivity index (χ2v) is 15.1. The summed E-state index contributed by atoms with van der Waals surface area (Å²) in [5, 5.41) is 40.1. The number of allylic oxidation sites excluding steroid dienone is 14. The van der Waals surface area contributed by atoms with E-state index in [1.165, 1.54) is 44.9 Å². The molecular weight excluding hydrogens is 749 g/mol. The van der Waals surface area contributed by atoms with Crippen LogP contribution >= 0.6 is 0 Å². The maximum Gasteiger partial charge on any atom is 0.306 e. The quantitative estimate of drug-likeness (QED) is 0.0273. The molecule has 4 N–H and O–H groups in total. The normalized spacial score (nSPS) is 20.8. The summed E-state index contributed by atoms with van der Waals surface area (Å²) in [4.78, 5) is 25.3. The molecule has 10 heteroatoms. The maximum absolute atomic E-state index is 12.8. The first kappa shape index (κ1) is 53.9. The van der Waals surface area contributed by atoms with E-state index in [0.717, 1.165) is 70.6 Å². The standard InChI is InChI=1S/C49H80O10/c1-3-5-7-9-11-13-15-17-19-21-23-25-27-29-31-33-35-37-44(51)56-40-42(41-57-49-48(55)47(54)46(53)43(39-50)59-49)58-45(52)38-36-34-32-30-28-26-24-22-20-18-16-14-12-10-8-6-4-2/h8,10,14,16-17,19-20,22-23,25-26,28-29,31,42-43,46-50,53-55H,3-7,9,11-13,15,18,21,24,27,30,32-41H2,1-2H3/b10-8+,16-14+,19-17+,22-20+,25-23+,28-26+,31-29+/t42-,43-,46+,47?,48?,49-/m0/s1. The number of carbonyl (C=O) groups excluding carboxylic acids is 2. The summed E-state index contributed by atoms with van der Waals surface area (Å²) in [6.45, 7) is 3.25. The number of carbonyl (C=O) groups is 2. The van der Waals surface area contributed by atoms with Crippen LogP contribution in [-0.2, 0) is 28.5 Å². The highest BCUT2D eigenvalue weighted by Gasteiger charge is 2.44. The lowest BCUT2D eigenvalue weighted by atomic mass is 9.99. The maximum atomic E-state index is 12.8. The molecule has 0 aromatic carbocycles. The van der Waals surface area contributed by atoms with Crippen molar-refractivity contribution >= 4 is 11.9 Å². The molecule has 0 saturated carbocycles.